The molecule has 1 saturated carbocycles. The lowest BCUT2D eigenvalue weighted by atomic mass is 9.84. The second-order valence-corrected chi connectivity index (χ2v) is 5.85. The van der Waals surface area contributed by atoms with Crippen LogP contribution in [0.5, 0.6) is 5.75 Å². The first-order valence-corrected chi connectivity index (χ1v) is 7.60. The van der Waals surface area contributed by atoms with Crippen molar-refractivity contribution in [2.75, 3.05) is 7.11 Å². The molecule has 0 spiro atoms. The number of hydrogen-bond donors (Lipinski definition) is 1. The molecule has 1 aromatic rings. The average molecular weight is 261 g/mol. The van der Waals surface area contributed by atoms with Crippen LogP contribution >= 0.6 is 0 Å². The standard InChI is InChI=1S/C17H27NO/c1-13(15-8-5-4-6-9-15)18-14(2)16-10-7-11-17(12-16)19-3/h7,10-15,18H,4-6,8-9H2,1-3H3/t13-,14?/m0/s1. The molecule has 19 heavy (non-hydrogen) atoms. The first-order valence-electron chi connectivity index (χ1n) is 7.60. The minimum absolute atomic E-state index is 0.382. The van der Waals surface area contributed by atoms with E-state index >= 15 is 0 Å². The third-order valence-corrected chi connectivity index (χ3v) is 4.46. The fraction of sp³-hybridized carbons (Fsp3) is 0.647. The Hall–Kier alpha value is -1.02. The van der Waals surface area contributed by atoms with Crippen molar-refractivity contribution in [3.05, 3.63) is 29.8 Å². The predicted molar refractivity (Wildman–Crippen MR) is 80.6 cm³/mol. The van der Waals surface area contributed by atoms with Gasteiger partial charge >= 0.3 is 0 Å². The van der Waals surface area contributed by atoms with Crippen molar-refractivity contribution in [1.82, 2.24) is 5.32 Å². The highest BCUT2D eigenvalue weighted by Crippen LogP contribution is 2.28. The highest BCUT2D eigenvalue weighted by atomic mass is 16.5. The van der Waals surface area contributed by atoms with Gasteiger partial charge in [0.2, 0.25) is 0 Å². The van der Waals surface area contributed by atoms with Gasteiger partial charge in [0.05, 0.1) is 7.11 Å². The molecule has 1 N–H and O–H groups in total. The Balaban J connectivity index is 1.93. The van der Waals surface area contributed by atoms with E-state index in [0.29, 0.717) is 12.1 Å². The number of methoxy groups -OCH3 is 1. The Labute approximate surface area is 117 Å². The molecule has 2 nitrogen and oxygen atoms in total. The van der Waals surface area contributed by atoms with Gasteiger partial charge in [-0.3, -0.25) is 0 Å². The summed E-state index contributed by atoms with van der Waals surface area (Å²) in [5.41, 5.74) is 1.31. The largest absolute Gasteiger partial charge is 0.497 e. The fourth-order valence-corrected chi connectivity index (χ4v) is 3.17. The first-order chi connectivity index (χ1) is 9.20. The number of ether oxygens (including phenoxy) is 1. The quantitative estimate of drug-likeness (QED) is 0.852. The van der Waals surface area contributed by atoms with Gasteiger partial charge in [-0.2, -0.15) is 0 Å². The molecule has 0 saturated heterocycles. The SMILES string of the molecule is COc1cccc(C(C)N[C@@H](C)C2CCCCC2)c1. The highest BCUT2D eigenvalue weighted by molar-refractivity contribution is 5.30. The van der Waals surface area contributed by atoms with Crippen LogP contribution in [-0.4, -0.2) is 13.2 Å². The fourth-order valence-electron chi connectivity index (χ4n) is 3.17. The molecule has 0 aliphatic heterocycles. The van der Waals surface area contributed by atoms with Crippen LogP contribution in [0.4, 0.5) is 0 Å². The normalized spacial score (nSPS) is 19.9. The summed E-state index contributed by atoms with van der Waals surface area (Å²) < 4.78 is 5.30. The van der Waals surface area contributed by atoms with E-state index in [9.17, 15) is 0 Å². The summed E-state index contributed by atoms with van der Waals surface area (Å²) >= 11 is 0. The van der Waals surface area contributed by atoms with Crippen LogP contribution in [0.3, 0.4) is 0 Å². The van der Waals surface area contributed by atoms with Crippen LogP contribution < -0.4 is 10.1 Å². The molecule has 0 aromatic heterocycles. The van der Waals surface area contributed by atoms with Crippen LogP contribution in [0.15, 0.2) is 24.3 Å². The van der Waals surface area contributed by atoms with Crippen LogP contribution in [0.1, 0.15) is 57.6 Å². The summed E-state index contributed by atoms with van der Waals surface area (Å²) in [6.45, 7) is 4.58. The summed E-state index contributed by atoms with van der Waals surface area (Å²) in [5, 5.41) is 3.76. The second kappa shape index (κ2) is 6.95. The summed E-state index contributed by atoms with van der Waals surface area (Å²) in [7, 11) is 1.72. The monoisotopic (exact) mass is 261 g/mol. The Morgan fingerprint density at radius 2 is 1.89 bits per heavy atom. The van der Waals surface area contributed by atoms with Gasteiger partial charge in [-0.05, 0) is 50.3 Å². The highest BCUT2D eigenvalue weighted by Gasteiger charge is 2.21. The number of nitrogens with one attached hydrogen (secondary N) is 1. The van der Waals surface area contributed by atoms with E-state index in [0.717, 1.165) is 11.7 Å². The zero-order chi connectivity index (χ0) is 13.7. The average Bonchev–Trinajstić information content (AvgIpc) is 2.48. The van der Waals surface area contributed by atoms with Gasteiger partial charge in [0.1, 0.15) is 5.75 Å². The summed E-state index contributed by atoms with van der Waals surface area (Å²) in [6, 6.07) is 9.35. The number of hydrogen-bond acceptors (Lipinski definition) is 2. The van der Waals surface area contributed by atoms with Gasteiger partial charge < -0.3 is 10.1 Å². The molecule has 0 heterocycles. The second-order valence-electron chi connectivity index (χ2n) is 5.85. The molecule has 1 aliphatic rings. The molecule has 1 fully saturated rings. The van der Waals surface area contributed by atoms with Crippen LogP contribution in [0.2, 0.25) is 0 Å². The van der Waals surface area contributed by atoms with Gasteiger partial charge in [-0.1, -0.05) is 31.4 Å². The van der Waals surface area contributed by atoms with Crippen LogP contribution in [0.25, 0.3) is 0 Å². The van der Waals surface area contributed by atoms with E-state index in [1.165, 1.54) is 37.7 Å². The van der Waals surface area contributed by atoms with Crippen molar-refractivity contribution >= 4 is 0 Å². The molecular formula is C17H27NO. The van der Waals surface area contributed by atoms with Crippen LogP contribution in [-0.2, 0) is 0 Å². The van der Waals surface area contributed by atoms with E-state index in [1.807, 2.05) is 6.07 Å². The molecule has 0 bridgehead atoms. The Bertz CT molecular complexity index is 385. The van der Waals surface area contributed by atoms with Crippen molar-refractivity contribution in [1.29, 1.82) is 0 Å². The molecule has 2 rings (SSSR count). The Morgan fingerprint density at radius 1 is 1.16 bits per heavy atom. The lowest BCUT2D eigenvalue weighted by Gasteiger charge is -2.31. The van der Waals surface area contributed by atoms with Gasteiger partial charge in [0.25, 0.3) is 0 Å². The minimum Gasteiger partial charge on any atom is -0.497 e. The lowest BCUT2D eigenvalue weighted by molar-refractivity contribution is 0.268. The van der Waals surface area contributed by atoms with Crippen molar-refractivity contribution in [3.8, 4) is 5.75 Å². The van der Waals surface area contributed by atoms with Crippen LogP contribution in [0, 0.1) is 5.92 Å². The maximum atomic E-state index is 5.30. The molecule has 0 amide bonds. The van der Waals surface area contributed by atoms with Crippen molar-refractivity contribution in [3.63, 3.8) is 0 Å². The molecular weight excluding hydrogens is 234 g/mol. The van der Waals surface area contributed by atoms with Crippen molar-refractivity contribution in [2.24, 2.45) is 5.92 Å². The minimum atomic E-state index is 0.382. The van der Waals surface area contributed by atoms with Crippen molar-refractivity contribution in [2.45, 2.75) is 58.0 Å². The zero-order valence-electron chi connectivity index (χ0n) is 12.5. The Kier molecular flexibility index (Phi) is 5.26. The predicted octanol–water partition coefficient (Wildman–Crippen LogP) is 4.31. The molecule has 1 aliphatic carbocycles. The van der Waals surface area contributed by atoms with E-state index in [1.54, 1.807) is 7.11 Å². The maximum Gasteiger partial charge on any atom is 0.119 e. The number of rotatable bonds is 5. The molecule has 106 valence electrons. The van der Waals surface area contributed by atoms with E-state index < -0.39 is 0 Å². The molecule has 2 atom stereocenters. The first kappa shape index (κ1) is 14.4. The zero-order valence-corrected chi connectivity index (χ0v) is 12.5. The maximum absolute atomic E-state index is 5.30. The van der Waals surface area contributed by atoms with E-state index in [-0.39, 0.29) is 0 Å². The number of benzene rings is 1. The smallest absolute Gasteiger partial charge is 0.119 e. The third kappa shape index (κ3) is 3.97. The molecule has 1 unspecified atom stereocenters. The summed E-state index contributed by atoms with van der Waals surface area (Å²) in [6.07, 6.45) is 7.01. The third-order valence-electron chi connectivity index (χ3n) is 4.46. The van der Waals surface area contributed by atoms with Crippen molar-refractivity contribution < 1.29 is 4.74 Å². The molecule has 0 radical (unpaired) electrons. The van der Waals surface area contributed by atoms with E-state index in [2.05, 4.69) is 37.4 Å². The van der Waals surface area contributed by atoms with Gasteiger partial charge in [-0.15, -0.1) is 0 Å². The summed E-state index contributed by atoms with van der Waals surface area (Å²) in [4.78, 5) is 0. The topological polar surface area (TPSA) is 21.3 Å². The van der Waals surface area contributed by atoms with Gasteiger partial charge in [0, 0.05) is 12.1 Å². The van der Waals surface area contributed by atoms with Gasteiger partial charge in [0.15, 0.2) is 0 Å². The Morgan fingerprint density at radius 3 is 2.58 bits per heavy atom. The molecule has 1 aromatic carbocycles. The lowest BCUT2D eigenvalue weighted by Crippen LogP contribution is -2.36. The molecule has 2 heteroatoms. The van der Waals surface area contributed by atoms with Gasteiger partial charge in [-0.25, -0.2) is 0 Å². The summed E-state index contributed by atoms with van der Waals surface area (Å²) in [5.74, 6) is 1.79. The van der Waals surface area contributed by atoms with E-state index in [4.69, 9.17) is 4.74 Å².